The number of carboxylic acids is 1. The monoisotopic (exact) mass is 566 g/mol. The number of carboxylic acid groups (broad SMARTS) is 1. The zero-order chi connectivity index (χ0) is 25.9. The minimum absolute atomic E-state index is 0.0179. The molecule has 2 fully saturated rings. The van der Waals surface area contributed by atoms with Gasteiger partial charge >= 0.3 is 12.1 Å². The molecule has 0 aromatic heterocycles. The average molecular weight is 567 g/mol. The quantitative estimate of drug-likeness (QED) is 0.514. The number of sulfone groups is 1. The second-order valence-electron chi connectivity index (χ2n) is 8.97. The van der Waals surface area contributed by atoms with Crippen LogP contribution in [-0.4, -0.2) is 42.9 Å². The Labute approximate surface area is 202 Å². The number of nitriles is 1. The van der Waals surface area contributed by atoms with Crippen molar-refractivity contribution < 1.29 is 41.0 Å². The molecular formula is C21H22BrF3N2O6S. The third-order valence-electron chi connectivity index (χ3n) is 6.67. The Morgan fingerprint density at radius 2 is 1.94 bits per heavy atom. The molecule has 0 heterocycles. The molecule has 5 unspecified atom stereocenters. The van der Waals surface area contributed by atoms with E-state index in [1.54, 1.807) is 19.9 Å². The van der Waals surface area contributed by atoms with Crippen molar-refractivity contribution in [1.82, 2.24) is 0 Å². The Hall–Kier alpha value is -2.17. The van der Waals surface area contributed by atoms with Crippen LogP contribution in [0.4, 0.5) is 13.2 Å². The van der Waals surface area contributed by atoms with Crippen LogP contribution in [0.25, 0.3) is 0 Å². The highest BCUT2D eigenvalue weighted by Crippen LogP contribution is 2.67. The molecule has 0 radical (unpaired) electrons. The van der Waals surface area contributed by atoms with Gasteiger partial charge in [-0.25, -0.2) is 8.42 Å². The molecule has 5 atom stereocenters. The van der Waals surface area contributed by atoms with E-state index in [1.807, 2.05) is 0 Å². The minimum atomic E-state index is -4.99. The first kappa shape index (κ1) is 26.4. The summed E-state index contributed by atoms with van der Waals surface area (Å²) in [7, 11) is -4.70. The molecule has 1 amide bonds. The van der Waals surface area contributed by atoms with E-state index < -0.39 is 85.4 Å². The van der Waals surface area contributed by atoms with Crippen LogP contribution < -0.4 is 5.73 Å². The first-order valence-corrected chi connectivity index (χ1v) is 12.6. The van der Waals surface area contributed by atoms with Crippen molar-refractivity contribution in [2.24, 2.45) is 22.5 Å². The molecule has 13 heteroatoms. The number of primary amides is 1. The van der Waals surface area contributed by atoms with Crippen LogP contribution in [0.3, 0.4) is 0 Å². The Morgan fingerprint density at radius 3 is 2.38 bits per heavy atom. The summed E-state index contributed by atoms with van der Waals surface area (Å²) < 4.78 is 73.6. The van der Waals surface area contributed by atoms with Gasteiger partial charge in [0.2, 0.25) is 5.91 Å². The molecule has 1 aromatic carbocycles. The number of aliphatic carboxylic acids is 1. The third kappa shape index (κ3) is 4.09. The van der Waals surface area contributed by atoms with Crippen molar-refractivity contribution in [3.63, 3.8) is 0 Å². The molecule has 2 aliphatic carbocycles. The topological polar surface area (TPSA) is 148 Å². The van der Waals surface area contributed by atoms with Gasteiger partial charge in [-0.15, -0.1) is 0 Å². The molecule has 2 aliphatic rings. The molecule has 1 aromatic rings. The number of halogens is 4. The number of carbonyl (C=O) groups is 2. The van der Waals surface area contributed by atoms with Gasteiger partial charge in [0.15, 0.2) is 9.84 Å². The lowest BCUT2D eigenvalue weighted by Gasteiger charge is -2.33. The number of benzene rings is 1. The highest BCUT2D eigenvalue weighted by molar-refractivity contribution is 9.10. The lowest BCUT2D eigenvalue weighted by Crippen LogP contribution is -2.45. The summed E-state index contributed by atoms with van der Waals surface area (Å²) in [5.74, 6) is -3.68. The van der Waals surface area contributed by atoms with Crippen molar-refractivity contribution in [1.29, 1.82) is 5.26 Å². The van der Waals surface area contributed by atoms with E-state index >= 15 is 0 Å². The van der Waals surface area contributed by atoms with E-state index in [0.29, 0.717) is 6.07 Å². The predicted molar refractivity (Wildman–Crippen MR) is 115 cm³/mol. The van der Waals surface area contributed by atoms with Gasteiger partial charge in [-0.2, -0.15) is 18.4 Å². The maximum Gasteiger partial charge on any atom is 0.417 e. The summed E-state index contributed by atoms with van der Waals surface area (Å²) in [6.07, 6.45) is -8.07. The second kappa shape index (κ2) is 8.49. The van der Waals surface area contributed by atoms with Gasteiger partial charge in [0.25, 0.3) is 0 Å². The smallest absolute Gasteiger partial charge is 0.417 e. The first-order chi connectivity index (χ1) is 15.5. The third-order valence-corrected chi connectivity index (χ3v) is 9.36. The predicted octanol–water partition coefficient (Wildman–Crippen LogP) is 3.28. The fraction of sp³-hybridized carbons (Fsp3) is 0.571. The number of alkyl halides is 3. The lowest BCUT2D eigenvalue weighted by atomic mass is 9.75. The van der Waals surface area contributed by atoms with Gasteiger partial charge in [0, 0.05) is 10.4 Å². The van der Waals surface area contributed by atoms with Gasteiger partial charge in [-0.3, -0.25) is 9.59 Å². The van der Waals surface area contributed by atoms with Crippen LogP contribution in [-0.2, 0) is 30.3 Å². The molecule has 2 saturated carbocycles. The van der Waals surface area contributed by atoms with Crippen LogP contribution in [0, 0.1) is 28.1 Å². The van der Waals surface area contributed by atoms with Crippen LogP contribution in [0.5, 0.6) is 0 Å². The number of nitrogens with two attached hydrogens (primary N) is 1. The van der Waals surface area contributed by atoms with Crippen molar-refractivity contribution >= 4 is 37.6 Å². The largest absolute Gasteiger partial charge is 0.481 e. The molecule has 0 bridgehead atoms. The van der Waals surface area contributed by atoms with Crippen LogP contribution >= 0.6 is 15.9 Å². The van der Waals surface area contributed by atoms with Gasteiger partial charge in [0.05, 0.1) is 34.0 Å². The number of carbonyl (C=O) groups excluding carboxylic acids is 1. The number of hydrogen-bond donors (Lipinski definition) is 2. The Kier molecular flexibility index (Phi) is 6.60. The Bertz CT molecular complexity index is 1180. The minimum Gasteiger partial charge on any atom is -0.481 e. The van der Waals surface area contributed by atoms with Crippen molar-refractivity contribution in [3.05, 3.63) is 28.2 Å². The number of amides is 1. The number of nitrogens with zero attached hydrogens (tertiary/aromatic N) is 1. The maximum atomic E-state index is 13.7. The SMILES string of the molecule is CC(C)OC1CC(S(=O)(=O)c2ccc(Br)cc2C(F)(F)F)CC1(C(=O)O)C1CC1(C#N)C(N)=O. The molecule has 0 spiro atoms. The van der Waals surface area contributed by atoms with E-state index in [4.69, 9.17) is 10.5 Å². The van der Waals surface area contributed by atoms with Gasteiger partial charge in [-0.1, -0.05) is 15.9 Å². The second-order valence-corrected chi connectivity index (χ2v) is 12.1. The molecule has 34 heavy (non-hydrogen) atoms. The summed E-state index contributed by atoms with van der Waals surface area (Å²) in [4.78, 5) is 23.6. The van der Waals surface area contributed by atoms with Crippen molar-refractivity contribution in [3.8, 4) is 6.07 Å². The Balaban J connectivity index is 2.14. The van der Waals surface area contributed by atoms with E-state index in [-0.39, 0.29) is 10.9 Å². The summed E-state index contributed by atoms with van der Waals surface area (Å²) in [6.45, 7) is 3.17. The summed E-state index contributed by atoms with van der Waals surface area (Å²) >= 11 is 2.91. The van der Waals surface area contributed by atoms with Crippen molar-refractivity contribution in [2.75, 3.05) is 0 Å². The van der Waals surface area contributed by atoms with E-state index in [0.717, 1.165) is 12.1 Å². The highest BCUT2D eigenvalue weighted by Gasteiger charge is 2.75. The van der Waals surface area contributed by atoms with E-state index in [1.165, 1.54) is 0 Å². The zero-order valence-electron chi connectivity index (χ0n) is 18.1. The lowest BCUT2D eigenvalue weighted by molar-refractivity contribution is -0.163. The van der Waals surface area contributed by atoms with E-state index in [2.05, 4.69) is 15.9 Å². The fourth-order valence-corrected chi connectivity index (χ4v) is 7.39. The Morgan fingerprint density at radius 1 is 1.32 bits per heavy atom. The summed E-state index contributed by atoms with van der Waals surface area (Å²) in [5, 5.41) is 18.2. The zero-order valence-corrected chi connectivity index (χ0v) is 20.5. The first-order valence-electron chi connectivity index (χ1n) is 10.2. The molecule has 8 nitrogen and oxygen atoms in total. The van der Waals surface area contributed by atoms with Gasteiger partial charge < -0.3 is 15.6 Å². The number of rotatable bonds is 7. The van der Waals surface area contributed by atoms with Crippen LogP contribution in [0.15, 0.2) is 27.6 Å². The summed E-state index contributed by atoms with van der Waals surface area (Å²) in [6, 6.07) is 4.37. The molecule has 3 rings (SSSR count). The fourth-order valence-electron chi connectivity index (χ4n) is 5.01. The highest BCUT2D eigenvalue weighted by atomic mass is 79.9. The molecule has 3 N–H and O–H groups in total. The molecule has 0 aliphatic heterocycles. The maximum absolute atomic E-state index is 13.7. The standard InChI is InChI=1S/C21H22BrF3N2O6S/c1-10(2)33-16-6-12(7-20(16,18(29)30)15-8-19(15,9-26)17(27)28)34(31,32)14-4-3-11(22)5-13(14)21(23,24)25/h3-5,10,12,15-16H,6-8H2,1-2H3,(H2,27,28)(H,29,30). The van der Waals surface area contributed by atoms with Gasteiger partial charge in [-0.05, 0) is 51.3 Å². The summed E-state index contributed by atoms with van der Waals surface area (Å²) in [5.41, 5.74) is 0.160. The molecule has 0 saturated heterocycles. The van der Waals surface area contributed by atoms with Crippen molar-refractivity contribution in [2.45, 2.75) is 61.6 Å². The molecule has 186 valence electrons. The van der Waals surface area contributed by atoms with Crippen LogP contribution in [0.2, 0.25) is 0 Å². The number of hydrogen-bond acceptors (Lipinski definition) is 6. The van der Waals surface area contributed by atoms with Gasteiger partial charge in [0.1, 0.15) is 10.8 Å². The molecular weight excluding hydrogens is 545 g/mol. The normalized spacial score (nSPS) is 31.3. The average Bonchev–Trinajstić information content (AvgIpc) is 3.34. The van der Waals surface area contributed by atoms with E-state index in [9.17, 15) is 41.5 Å². The van der Waals surface area contributed by atoms with Crippen LogP contribution in [0.1, 0.15) is 38.7 Å². The number of ether oxygens (including phenoxy) is 1.